The van der Waals surface area contributed by atoms with Crippen LogP contribution >= 0.6 is 24.8 Å². The first-order valence-corrected chi connectivity index (χ1v) is 5.78. The van der Waals surface area contributed by atoms with Gasteiger partial charge in [0.15, 0.2) is 0 Å². The molecule has 17 heavy (non-hydrogen) atoms. The third kappa shape index (κ3) is 7.09. The SMILES string of the molecule is CNCC(=O)N1CCN(CC(C)C)CC1.Cl.Cl. The number of hydrogen-bond acceptors (Lipinski definition) is 3. The van der Waals surface area contributed by atoms with Gasteiger partial charge in [-0.05, 0) is 13.0 Å². The number of likely N-dealkylation sites (N-methyl/N-ethyl adjacent to an activating group) is 1. The number of carbonyl (C=O) groups is 1. The summed E-state index contributed by atoms with van der Waals surface area (Å²) in [7, 11) is 1.81. The molecular weight excluding hydrogens is 261 g/mol. The van der Waals surface area contributed by atoms with Crippen molar-refractivity contribution in [2.45, 2.75) is 13.8 Å². The molecule has 0 unspecified atom stereocenters. The van der Waals surface area contributed by atoms with E-state index >= 15 is 0 Å². The first-order valence-electron chi connectivity index (χ1n) is 5.78. The number of nitrogens with one attached hydrogen (secondary N) is 1. The molecule has 1 heterocycles. The molecule has 0 radical (unpaired) electrons. The van der Waals surface area contributed by atoms with Gasteiger partial charge in [0.2, 0.25) is 5.91 Å². The Labute approximate surface area is 117 Å². The van der Waals surface area contributed by atoms with Crippen LogP contribution in [0.4, 0.5) is 0 Å². The highest BCUT2D eigenvalue weighted by Crippen LogP contribution is 2.05. The van der Waals surface area contributed by atoms with E-state index in [2.05, 4.69) is 24.1 Å². The summed E-state index contributed by atoms with van der Waals surface area (Å²) in [6.07, 6.45) is 0. The Morgan fingerprint density at radius 2 is 1.71 bits per heavy atom. The van der Waals surface area contributed by atoms with Crippen LogP contribution < -0.4 is 5.32 Å². The summed E-state index contributed by atoms with van der Waals surface area (Å²) in [4.78, 5) is 16.0. The third-order valence-corrected chi connectivity index (χ3v) is 2.68. The highest BCUT2D eigenvalue weighted by Gasteiger charge is 2.20. The van der Waals surface area contributed by atoms with Gasteiger partial charge in [0, 0.05) is 32.7 Å². The summed E-state index contributed by atoms with van der Waals surface area (Å²) in [6.45, 7) is 9.89. The van der Waals surface area contributed by atoms with E-state index in [9.17, 15) is 4.79 Å². The predicted molar refractivity (Wildman–Crippen MR) is 76.3 cm³/mol. The molecule has 0 aromatic rings. The molecule has 1 fully saturated rings. The molecule has 6 heteroatoms. The van der Waals surface area contributed by atoms with Crippen LogP contribution in [0.1, 0.15) is 13.8 Å². The Kier molecular flexibility index (Phi) is 11.3. The van der Waals surface area contributed by atoms with Crippen molar-refractivity contribution in [2.75, 3.05) is 46.3 Å². The molecule has 0 bridgehead atoms. The third-order valence-electron chi connectivity index (χ3n) is 2.68. The van der Waals surface area contributed by atoms with Crippen molar-refractivity contribution in [1.82, 2.24) is 15.1 Å². The van der Waals surface area contributed by atoms with Gasteiger partial charge >= 0.3 is 0 Å². The van der Waals surface area contributed by atoms with Gasteiger partial charge in [-0.1, -0.05) is 13.8 Å². The van der Waals surface area contributed by atoms with E-state index < -0.39 is 0 Å². The van der Waals surface area contributed by atoms with Gasteiger partial charge in [0.05, 0.1) is 6.54 Å². The first kappa shape index (κ1) is 19.3. The zero-order valence-electron chi connectivity index (χ0n) is 10.9. The lowest BCUT2D eigenvalue weighted by Crippen LogP contribution is -2.51. The number of halogens is 2. The molecule has 0 spiro atoms. The van der Waals surface area contributed by atoms with Gasteiger partial charge in [-0.3, -0.25) is 9.69 Å². The number of carbonyl (C=O) groups excluding carboxylic acids is 1. The fraction of sp³-hybridized carbons (Fsp3) is 0.909. The van der Waals surface area contributed by atoms with Crippen LogP contribution in [0, 0.1) is 5.92 Å². The molecular formula is C11H25Cl2N3O. The van der Waals surface area contributed by atoms with E-state index in [0.717, 1.165) is 32.7 Å². The van der Waals surface area contributed by atoms with Crippen LogP contribution in [0.15, 0.2) is 0 Å². The lowest BCUT2D eigenvalue weighted by atomic mass is 10.2. The standard InChI is InChI=1S/C11H23N3O.2ClH/c1-10(2)9-13-4-6-14(7-5-13)11(15)8-12-3;;/h10,12H,4-9H2,1-3H3;2*1H. The average molecular weight is 286 g/mol. The minimum Gasteiger partial charge on any atom is -0.339 e. The number of amides is 1. The van der Waals surface area contributed by atoms with Crippen LogP contribution in [0.5, 0.6) is 0 Å². The van der Waals surface area contributed by atoms with Gasteiger partial charge < -0.3 is 10.2 Å². The zero-order chi connectivity index (χ0) is 11.3. The van der Waals surface area contributed by atoms with E-state index in [1.54, 1.807) is 0 Å². The maximum Gasteiger partial charge on any atom is 0.236 e. The lowest BCUT2D eigenvalue weighted by molar-refractivity contribution is -0.131. The molecule has 104 valence electrons. The normalized spacial score (nSPS) is 16.4. The van der Waals surface area contributed by atoms with Crippen LogP contribution in [0.2, 0.25) is 0 Å². The molecule has 1 saturated heterocycles. The molecule has 1 N–H and O–H groups in total. The minimum absolute atomic E-state index is 0. The van der Waals surface area contributed by atoms with Crippen molar-refractivity contribution in [3.63, 3.8) is 0 Å². The number of nitrogens with zero attached hydrogens (tertiary/aromatic N) is 2. The highest BCUT2D eigenvalue weighted by atomic mass is 35.5. The van der Waals surface area contributed by atoms with Gasteiger partial charge in [-0.25, -0.2) is 0 Å². The van der Waals surface area contributed by atoms with Crippen LogP contribution in [-0.4, -0.2) is 62.0 Å². The number of piperazine rings is 1. The Hall–Kier alpha value is -0.0300. The van der Waals surface area contributed by atoms with Gasteiger partial charge in [-0.2, -0.15) is 0 Å². The van der Waals surface area contributed by atoms with Crippen molar-refractivity contribution in [3.05, 3.63) is 0 Å². The Morgan fingerprint density at radius 3 is 2.12 bits per heavy atom. The molecule has 4 nitrogen and oxygen atoms in total. The molecule has 0 aromatic carbocycles. The van der Waals surface area contributed by atoms with Crippen molar-refractivity contribution in [2.24, 2.45) is 5.92 Å². The largest absolute Gasteiger partial charge is 0.339 e. The van der Waals surface area contributed by atoms with E-state index in [-0.39, 0.29) is 30.7 Å². The van der Waals surface area contributed by atoms with Crippen LogP contribution in [0.3, 0.4) is 0 Å². The molecule has 1 aliphatic rings. The van der Waals surface area contributed by atoms with Crippen molar-refractivity contribution < 1.29 is 4.79 Å². The summed E-state index contributed by atoms with van der Waals surface area (Å²) in [6, 6.07) is 0. The van der Waals surface area contributed by atoms with Crippen molar-refractivity contribution in [1.29, 1.82) is 0 Å². The van der Waals surface area contributed by atoms with E-state index in [1.807, 2.05) is 11.9 Å². The van der Waals surface area contributed by atoms with Gasteiger partial charge in [-0.15, -0.1) is 24.8 Å². The Morgan fingerprint density at radius 1 is 1.18 bits per heavy atom. The molecule has 0 aromatic heterocycles. The van der Waals surface area contributed by atoms with Gasteiger partial charge in [0.25, 0.3) is 0 Å². The first-order chi connectivity index (χ1) is 7.13. The minimum atomic E-state index is 0. The van der Waals surface area contributed by atoms with Crippen molar-refractivity contribution in [3.8, 4) is 0 Å². The summed E-state index contributed by atoms with van der Waals surface area (Å²) in [5, 5.41) is 2.90. The van der Waals surface area contributed by atoms with Gasteiger partial charge in [0.1, 0.15) is 0 Å². The molecule has 1 rings (SSSR count). The second-order valence-electron chi connectivity index (χ2n) is 4.61. The molecule has 0 atom stereocenters. The Bertz CT molecular complexity index is 207. The smallest absolute Gasteiger partial charge is 0.236 e. The summed E-state index contributed by atoms with van der Waals surface area (Å²) >= 11 is 0. The summed E-state index contributed by atoms with van der Waals surface area (Å²) in [5.41, 5.74) is 0. The number of rotatable bonds is 4. The molecule has 0 aliphatic carbocycles. The summed E-state index contributed by atoms with van der Waals surface area (Å²) in [5.74, 6) is 0.936. The monoisotopic (exact) mass is 285 g/mol. The maximum atomic E-state index is 11.6. The van der Waals surface area contributed by atoms with E-state index in [4.69, 9.17) is 0 Å². The van der Waals surface area contributed by atoms with Crippen LogP contribution in [-0.2, 0) is 4.79 Å². The molecule has 0 saturated carbocycles. The average Bonchev–Trinajstić information content (AvgIpc) is 2.18. The van der Waals surface area contributed by atoms with E-state index in [0.29, 0.717) is 12.5 Å². The highest BCUT2D eigenvalue weighted by molar-refractivity contribution is 5.85. The number of hydrogen-bond donors (Lipinski definition) is 1. The quantitative estimate of drug-likeness (QED) is 0.832. The maximum absolute atomic E-state index is 11.6. The fourth-order valence-electron chi connectivity index (χ4n) is 1.96. The topological polar surface area (TPSA) is 35.6 Å². The zero-order valence-corrected chi connectivity index (χ0v) is 12.6. The summed E-state index contributed by atoms with van der Waals surface area (Å²) < 4.78 is 0. The van der Waals surface area contributed by atoms with E-state index in [1.165, 1.54) is 0 Å². The molecule has 1 aliphatic heterocycles. The predicted octanol–water partition coefficient (Wildman–Crippen LogP) is 0.850. The fourth-order valence-corrected chi connectivity index (χ4v) is 1.96. The Balaban J connectivity index is 0. The second-order valence-corrected chi connectivity index (χ2v) is 4.61. The molecule has 1 amide bonds. The second kappa shape index (κ2) is 9.95. The van der Waals surface area contributed by atoms with Crippen LogP contribution in [0.25, 0.3) is 0 Å². The lowest BCUT2D eigenvalue weighted by Gasteiger charge is -2.35. The van der Waals surface area contributed by atoms with Crippen molar-refractivity contribution >= 4 is 30.7 Å².